The molecule has 0 atom stereocenters. The zero-order valence-corrected chi connectivity index (χ0v) is 19.0. The summed E-state index contributed by atoms with van der Waals surface area (Å²) >= 11 is 0. The largest absolute Gasteiger partial charge is 0.507 e. The van der Waals surface area contributed by atoms with Gasteiger partial charge in [0.1, 0.15) is 11.5 Å². The number of hydrogen-bond donors (Lipinski definition) is 3. The van der Waals surface area contributed by atoms with Crippen LogP contribution in [0.25, 0.3) is 11.3 Å². The first-order chi connectivity index (χ1) is 15.9. The molecule has 4 rings (SSSR count). The molecule has 8 heteroatoms. The summed E-state index contributed by atoms with van der Waals surface area (Å²) in [6.07, 6.45) is 2.03. The van der Waals surface area contributed by atoms with E-state index in [1.54, 1.807) is 36.4 Å². The van der Waals surface area contributed by atoms with E-state index < -0.39 is 0 Å². The monoisotopic (exact) mass is 448 g/mol. The molecule has 3 N–H and O–H groups in total. The Balaban J connectivity index is 1.53. The maximum Gasteiger partial charge on any atom is 0.342 e. The van der Waals surface area contributed by atoms with Crippen molar-refractivity contribution < 1.29 is 19.4 Å². The molecule has 2 aromatic carbocycles. The molecule has 33 heavy (non-hydrogen) atoms. The smallest absolute Gasteiger partial charge is 0.342 e. The van der Waals surface area contributed by atoms with Crippen molar-refractivity contribution in [3.63, 3.8) is 0 Å². The quantitative estimate of drug-likeness (QED) is 0.484. The number of hydrogen-bond acceptors (Lipinski definition) is 5. The lowest BCUT2D eigenvalue weighted by Crippen LogP contribution is -2.35. The first-order valence-electron chi connectivity index (χ1n) is 11.1. The van der Waals surface area contributed by atoms with E-state index in [-0.39, 0.29) is 23.7 Å². The summed E-state index contributed by atoms with van der Waals surface area (Å²) in [6.45, 7) is 6.24. The number of benzene rings is 2. The molecule has 1 fully saturated rings. The highest BCUT2D eigenvalue weighted by Crippen LogP contribution is 2.42. The highest BCUT2D eigenvalue weighted by molar-refractivity contribution is 6.04. The van der Waals surface area contributed by atoms with Crippen molar-refractivity contribution in [3.8, 4) is 22.8 Å². The van der Waals surface area contributed by atoms with Crippen molar-refractivity contribution in [2.45, 2.75) is 45.6 Å². The van der Waals surface area contributed by atoms with Crippen LogP contribution in [0.5, 0.6) is 11.5 Å². The van der Waals surface area contributed by atoms with Crippen LogP contribution in [0.4, 0.5) is 10.5 Å². The van der Waals surface area contributed by atoms with Gasteiger partial charge in [-0.15, -0.1) is 0 Å². The number of aromatic hydroxyl groups is 1. The van der Waals surface area contributed by atoms with Crippen molar-refractivity contribution in [2.75, 3.05) is 11.9 Å². The van der Waals surface area contributed by atoms with Crippen molar-refractivity contribution in [3.05, 3.63) is 59.8 Å². The summed E-state index contributed by atoms with van der Waals surface area (Å²) in [7, 11) is 0. The lowest BCUT2D eigenvalue weighted by molar-refractivity contribution is 0.102. The van der Waals surface area contributed by atoms with Gasteiger partial charge in [0.25, 0.3) is 5.91 Å². The zero-order chi connectivity index (χ0) is 23.5. The summed E-state index contributed by atoms with van der Waals surface area (Å²) in [5, 5.41) is 20.8. The Bertz CT molecular complexity index is 1160. The number of carbonyl (C=O) groups is 2. The van der Waals surface area contributed by atoms with E-state index in [1.807, 2.05) is 26.8 Å². The van der Waals surface area contributed by atoms with Gasteiger partial charge in [-0.2, -0.15) is 9.78 Å². The van der Waals surface area contributed by atoms with Gasteiger partial charge in [-0.05, 0) is 76.1 Å². The molecule has 0 radical (unpaired) electrons. The van der Waals surface area contributed by atoms with Gasteiger partial charge in [-0.1, -0.05) is 0 Å². The van der Waals surface area contributed by atoms with Gasteiger partial charge in [0, 0.05) is 34.8 Å². The first kappa shape index (κ1) is 22.4. The van der Waals surface area contributed by atoms with Crippen molar-refractivity contribution in [1.82, 2.24) is 15.1 Å². The summed E-state index contributed by atoms with van der Waals surface area (Å²) in [6, 6.07) is 13.3. The van der Waals surface area contributed by atoms with Crippen LogP contribution in [0, 0.1) is 0 Å². The maximum absolute atomic E-state index is 12.6. The van der Waals surface area contributed by atoms with E-state index >= 15 is 0 Å². The molecular formula is C25H28N4O4. The summed E-state index contributed by atoms with van der Waals surface area (Å²) in [5.41, 5.74) is 2.78. The first-order valence-corrected chi connectivity index (χ1v) is 11.1. The topological polar surface area (TPSA) is 105 Å². The van der Waals surface area contributed by atoms with Gasteiger partial charge in [0.15, 0.2) is 0 Å². The van der Waals surface area contributed by atoms with Crippen LogP contribution in [0.2, 0.25) is 0 Å². The third-order valence-corrected chi connectivity index (χ3v) is 5.30. The number of nitrogens with one attached hydrogen (secondary N) is 2. The Kier molecular flexibility index (Phi) is 6.35. The molecule has 1 saturated carbocycles. The molecule has 1 aliphatic rings. The number of nitrogens with zero attached hydrogens (tertiary/aromatic N) is 2. The van der Waals surface area contributed by atoms with E-state index in [0.29, 0.717) is 40.8 Å². The van der Waals surface area contributed by atoms with Crippen LogP contribution in [0.15, 0.2) is 48.5 Å². The second-order valence-corrected chi connectivity index (χ2v) is 8.39. The predicted octanol–water partition coefficient (Wildman–Crippen LogP) is 4.75. The fourth-order valence-corrected chi connectivity index (χ4v) is 3.57. The van der Waals surface area contributed by atoms with Crippen molar-refractivity contribution in [1.29, 1.82) is 0 Å². The molecule has 1 aliphatic carbocycles. The van der Waals surface area contributed by atoms with Gasteiger partial charge in [0.2, 0.25) is 0 Å². The minimum absolute atomic E-state index is 0.0103. The number of amides is 2. The molecule has 0 unspecified atom stereocenters. The van der Waals surface area contributed by atoms with Crippen LogP contribution < -0.4 is 15.4 Å². The van der Waals surface area contributed by atoms with Crippen LogP contribution in [-0.2, 0) is 0 Å². The number of ether oxygens (including phenoxy) is 1. The number of anilines is 1. The van der Waals surface area contributed by atoms with E-state index in [9.17, 15) is 14.7 Å². The van der Waals surface area contributed by atoms with E-state index in [1.165, 1.54) is 10.7 Å². The zero-order valence-electron chi connectivity index (χ0n) is 19.0. The summed E-state index contributed by atoms with van der Waals surface area (Å²) in [5.74, 6) is 0.675. The lowest BCUT2D eigenvalue weighted by Gasteiger charge is -2.10. The molecule has 0 saturated heterocycles. The molecule has 1 aromatic heterocycles. The van der Waals surface area contributed by atoms with Gasteiger partial charge < -0.3 is 20.5 Å². The Hall–Kier alpha value is -3.81. The Morgan fingerprint density at radius 1 is 1.15 bits per heavy atom. The number of aromatic nitrogens is 2. The number of phenols is 1. The summed E-state index contributed by atoms with van der Waals surface area (Å²) in [4.78, 5) is 25.1. The number of carbonyl (C=O) groups excluding carboxylic acids is 2. The minimum Gasteiger partial charge on any atom is -0.507 e. The van der Waals surface area contributed by atoms with E-state index in [2.05, 4.69) is 15.7 Å². The molecular weight excluding hydrogens is 420 g/mol. The molecule has 3 aromatic rings. The third-order valence-electron chi connectivity index (χ3n) is 5.30. The Labute approximate surface area is 192 Å². The normalized spacial score (nSPS) is 13.1. The van der Waals surface area contributed by atoms with Crippen LogP contribution in [0.3, 0.4) is 0 Å². The molecule has 2 amide bonds. The maximum atomic E-state index is 12.6. The van der Waals surface area contributed by atoms with Gasteiger partial charge >= 0.3 is 6.03 Å². The fourth-order valence-electron chi connectivity index (χ4n) is 3.57. The van der Waals surface area contributed by atoms with E-state index in [4.69, 9.17) is 4.74 Å². The fraction of sp³-hybridized carbons (Fsp3) is 0.320. The van der Waals surface area contributed by atoms with Crippen LogP contribution in [-0.4, -0.2) is 39.5 Å². The SMILES string of the molecule is CCOc1ccc(C(=O)Nc2ccc(-c3cc(C4CC4)n(C(=O)NC(C)C)n3)c(O)c2)cc1. The van der Waals surface area contributed by atoms with Crippen LogP contribution >= 0.6 is 0 Å². The van der Waals surface area contributed by atoms with Crippen LogP contribution in [0.1, 0.15) is 55.6 Å². The van der Waals surface area contributed by atoms with Gasteiger partial charge in [-0.3, -0.25) is 4.79 Å². The highest BCUT2D eigenvalue weighted by atomic mass is 16.5. The van der Waals surface area contributed by atoms with Crippen molar-refractivity contribution in [2.24, 2.45) is 0 Å². The second kappa shape index (κ2) is 9.36. The molecule has 172 valence electrons. The van der Waals surface area contributed by atoms with Gasteiger partial charge in [0.05, 0.1) is 18.0 Å². The third kappa shape index (κ3) is 5.16. The standard InChI is InChI=1S/C25H28N4O4/c1-4-33-19-10-7-17(8-11-19)24(31)27-18-9-12-20(23(30)13-18)21-14-22(16-5-6-16)29(28-21)25(32)26-15(2)3/h7-16,30H,4-6H2,1-3H3,(H,26,32)(H,27,31). The molecule has 1 heterocycles. The van der Waals surface area contributed by atoms with Gasteiger partial charge in [-0.25, -0.2) is 4.79 Å². The minimum atomic E-state index is -0.296. The molecule has 0 aliphatic heterocycles. The number of phenolic OH excluding ortho intramolecular Hbond substituents is 1. The average Bonchev–Trinajstić information content (AvgIpc) is 3.52. The number of rotatable bonds is 7. The highest BCUT2D eigenvalue weighted by Gasteiger charge is 2.31. The molecule has 8 nitrogen and oxygen atoms in total. The predicted molar refractivity (Wildman–Crippen MR) is 126 cm³/mol. The Morgan fingerprint density at radius 2 is 1.88 bits per heavy atom. The lowest BCUT2D eigenvalue weighted by atomic mass is 10.1. The van der Waals surface area contributed by atoms with E-state index in [0.717, 1.165) is 18.5 Å². The second-order valence-electron chi connectivity index (χ2n) is 8.39. The molecule has 0 bridgehead atoms. The average molecular weight is 449 g/mol. The Morgan fingerprint density at radius 3 is 2.48 bits per heavy atom. The van der Waals surface area contributed by atoms with Crippen molar-refractivity contribution >= 4 is 17.6 Å². The summed E-state index contributed by atoms with van der Waals surface area (Å²) < 4.78 is 6.79. The molecule has 0 spiro atoms.